The Kier molecular flexibility index (Phi) is 5.32. The summed E-state index contributed by atoms with van der Waals surface area (Å²) in [5.74, 6) is 1.42. The highest BCUT2D eigenvalue weighted by atomic mass is 16.3. The molecule has 1 saturated carbocycles. The number of phenolic OH excluding ortho intramolecular Hbond substituents is 1. The van der Waals surface area contributed by atoms with Crippen LogP contribution in [0, 0.1) is 17.3 Å². The van der Waals surface area contributed by atoms with E-state index in [0.717, 1.165) is 50.9 Å². The number of nitrogens with two attached hydrogens (primary N) is 1. The van der Waals surface area contributed by atoms with E-state index in [-0.39, 0.29) is 28.8 Å². The number of amides is 1. The summed E-state index contributed by atoms with van der Waals surface area (Å²) in [4.78, 5) is 18.5. The Bertz CT molecular complexity index is 1130. The largest absolute Gasteiger partial charge is 0.508 e. The van der Waals surface area contributed by atoms with Crippen LogP contribution >= 0.6 is 0 Å². The number of hydrogen-bond acceptors (Lipinski definition) is 4. The zero-order valence-corrected chi connectivity index (χ0v) is 21.3. The fraction of sp³-hybridized carbons (Fsp3) is 0.567. The van der Waals surface area contributed by atoms with Crippen molar-refractivity contribution in [1.82, 2.24) is 9.80 Å². The van der Waals surface area contributed by atoms with E-state index in [1.807, 2.05) is 36.4 Å². The number of piperidine rings is 1. The number of phenols is 1. The van der Waals surface area contributed by atoms with Gasteiger partial charge in [-0.2, -0.15) is 0 Å². The lowest BCUT2D eigenvalue weighted by Gasteiger charge is -2.63. The Morgan fingerprint density at radius 2 is 2.00 bits per heavy atom. The lowest BCUT2D eigenvalue weighted by Crippen LogP contribution is -2.67. The number of fused-ring (bicyclic) bond motifs is 2. The van der Waals surface area contributed by atoms with E-state index in [0.29, 0.717) is 23.6 Å². The number of benzene rings is 2. The third-order valence-electron chi connectivity index (χ3n) is 10.2. The van der Waals surface area contributed by atoms with Gasteiger partial charge in [-0.15, -0.1) is 0 Å². The number of hydrogen-bond donors (Lipinski definition) is 2. The Morgan fingerprint density at radius 1 is 1.23 bits per heavy atom. The molecule has 2 aliphatic heterocycles. The lowest BCUT2D eigenvalue weighted by molar-refractivity contribution is -0.0627. The van der Waals surface area contributed by atoms with Crippen molar-refractivity contribution in [3.63, 3.8) is 0 Å². The van der Waals surface area contributed by atoms with E-state index in [4.69, 9.17) is 5.73 Å². The fourth-order valence-corrected chi connectivity index (χ4v) is 9.19. The van der Waals surface area contributed by atoms with E-state index in [1.54, 1.807) is 0 Å². The molecule has 4 aliphatic rings. The van der Waals surface area contributed by atoms with Gasteiger partial charge < -0.3 is 15.7 Å². The average Bonchev–Trinajstić information content (AvgIpc) is 3.32. The Hall–Kier alpha value is -2.37. The molecule has 2 aromatic rings. The molecule has 3 fully saturated rings. The van der Waals surface area contributed by atoms with Gasteiger partial charge in [0, 0.05) is 42.2 Å². The Labute approximate surface area is 209 Å². The highest BCUT2D eigenvalue weighted by Crippen LogP contribution is 2.71. The summed E-state index contributed by atoms with van der Waals surface area (Å²) in [6, 6.07) is 16.7. The maximum atomic E-state index is 13.7. The first-order chi connectivity index (χ1) is 16.8. The van der Waals surface area contributed by atoms with Gasteiger partial charge in [0.1, 0.15) is 5.75 Å². The summed E-state index contributed by atoms with van der Waals surface area (Å²) in [6.45, 7) is 9.68. The second kappa shape index (κ2) is 8.07. The van der Waals surface area contributed by atoms with E-state index in [1.165, 1.54) is 11.1 Å². The number of likely N-dealkylation sites (tertiary alicyclic amines) is 2. The number of carbonyl (C=O) groups is 1. The van der Waals surface area contributed by atoms with Crippen molar-refractivity contribution in [1.29, 1.82) is 0 Å². The molecule has 5 nitrogen and oxygen atoms in total. The second-order valence-electron chi connectivity index (χ2n) is 12.0. The minimum Gasteiger partial charge on any atom is -0.508 e. The second-order valence-corrected chi connectivity index (χ2v) is 12.0. The van der Waals surface area contributed by atoms with E-state index in [2.05, 4.69) is 42.7 Å². The predicted molar refractivity (Wildman–Crippen MR) is 138 cm³/mol. The normalized spacial score (nSPS) is 36.4. The van der Waals surface area contributed by atoms with Crippen LogP contribution in [0.25, 0.3) is 0 Å². The highest BCUT2D eigenvalue weighted by molar-refractivity contribution is 5.94. The van der Waals surface area contributed by atoms with Crippen LogP contribution in [0.1, 0.15) is 61.5 Å². The molecule has 0 spiro atoms. The maximum Gasteiger partial charge on any atom is 0.254 e. The van der Waals surface area contributed by atoms with Gasteiger partial charge >= 0.3 is 0 Å². The van der Waals surface area contributed by atoms with Crippen molar-refractivity contribution < 1.29 is 9.90 Å². The number of carbonyl (C=O) groups excluding carboxylic acids is 1. The third kappa shape index (κ3) is 3.10. The molecule has 2 heterocycles. The molecule has 0 radical (unpaired) electrons. The van der Waals surface area contributed by atoms with Crippen LogP contribution in [0.15, 0.2) is 48.5 Å². The molecule has 5 unspecified atom stereocenters. The number of aromatic hydroxyl groups is 1. The number of rotatable bonds is 4. The Balaban J connectivity index is 1.47. The van der Waals surface area contributed by atoms with Gasteiger partial charge in [-0.25, -0.2) is 0 Å². The molecule has 3 N–H and O–H groups in total. The standard InChI is InChI=1S/C30H39N3O2/c1-4-25-27-22(18-33(25)28(35)20-8-6-5-7-9-20)16-29(3)26-14-21-10-11-23(34)15-24(21)30(27,29)12-13-32(26)17-19(2)31/h5-11,15,19,22,25-27,34H,4,12-14,16-18,31H2,1-3H3/t19-,22+,25?,26?,27?,29?,30?/m0/s1. The molecular weight excluding hydrogens is 434 g/mol. The molecular formula is C30H39N3O2. The molecule has 1 amide bonds. The number of nitrogens with zero attached hydrogens (tertiary/aromatic N) is 2. The fourth-order valence-electron chi connectivity index (χ4n) is 9.19. The molecule has 5 heteroatoms. The smallest absolute Gasteiger partial charge is 0.254 e. The SMILES string of the molecule is CCC1C2[C@@H](CN1C(=O)c1ccccc1)CC1(C)C3Cc4ccc(O)cc4C21CCN3C[C@H](C)N. The minimum atomic E-state index is -0.0324. The summed E-state index contributed by atoms with van der Waals surface area (Å²) in [6.07, 6.45) is 4.17. The van der Waals surface area contributed by atoms with Crippen molar-refractivity contribution in [2.24, 2.45) is 23.0 Å². The minimum absolute atomic E-state index is 0.0324. The van der Waals surface area contributed by atoms with Gasteiger partial charge in [-0.05, 0) is 91.8 Å². The molecule has 2 bridgehead atoms. The van der Waals surface area contributed by atoms with Crippen molar-refractivity contribution in [2.45, 2.75) is 70.0 Å². The molecule has 2 saturated heterocycles. The van der Waals surface area contributed by atoms with E-state index in [9.17, 15) is 9.90 Å². The summed E-state index contributed by atoms with van der Waals surface area (Å²) >= 11 is 0. The first kappa shape index (κ1) is 23.1. The lowest BCUT2D eigenvalue weighted by atomic mass is 9.48. The monoisotopic (exact) mass is 473 g/mol. The summed E-state index contributed by atoms with van der Waals surface area (Å²) < 4.78 is 0. The van der Waals surface area contributed by atoms with E-state index >= 15 is 0 Å². The van der Waals surface area contributed by atoms with Crippen LogP contribution in [0.4, 0.5) is 0 Å². The topological polar surface area (TPSA) is 69.8 Å². The van der Waals surface area contributed by atoms with E-state index < -0.39 is 0 Å². The van der Waals surface area contributed by atoms with Gasteiger partial charge in [0.2, 0.25) is 0 Å². The first-order valence-corrected chi connectivity index (χ1v) is 13.5. The van der Waals surface area contributed by atoms with Crippen LogP contribution in [0.3, 0.4) is 0 Å². The van der Waals surface area contributed by atoms with Crippen molar-refractivity contribution in [3.05, 3.63) is 65.2 Å². The quantitative estimate of drug-likeness (QED) is 0.699. The molecule has 2 aromatic carbocycles. The van der Waals surface area contributed by atoms with Crippen molar-refractivity contribution >= 4 is 5.91 Å². The van der Waals surface area contributed by atoms with Crippen LogP contribution in [-0.4, -0.2) is 58.6 Å². The molecule has 35 heavy (non-hydrogen) atoms. The molecule has 0 aromatic heterocycles. The van der Waals surface area contributed by atoms with Gasteiger partial charge in [0.05, 0.1) is 0 Å². The first-order valence-electron chi connectivity index (χ1n) is 13.5. The summed E-state index contributed by atoms with van der Waals surface area (Å²) in [7, 11) is 0. The van der Waals surface area contributed by atoms with Gasteiger partial charge in [0.15, 0.2) is 0 Å². The third-order valence-corrected chi connectivity index (χ3v) is 10.2. The maximum absolute atomic E-state index is 13.7. The van der Waals surface area contributed by atoms with Gasteiger partial charge in [-0.3, -0.25) is 9.69 Å². The van der Waals surface area contributed by atoms with Crippen LogP contribution in [0.5, 0.6) is 5.75 Å². The molecule has 7 atom stereocenters. The summed E-state index contributed by atoms with van der Waals surface area (Å²) in [5, 5.41) is 10.6. The molecule has 6 rings (SSSR count). The van der Waals surface area contributed by atoms with Crippen LogP contribution in [-0.2, 0) is 11.8 Å². The highest BCUT2D eigenvalue weighted by Gasteiger charge is 2.72. The molecule has 186 valence electrons. The van der Waals surface area contributed by atoms with Crippen LogP contribution < -0.4 is 5.73 Å². The van der Waals surface area contributed by atoms with Crippen LogP contribution in [0.2, 0.25) is 0 Å². The summed E-state index contributed by atoms with van der Waals surface area (Å²) in [5.41, 5.74) is 9.90. The van der Waals surface area contributed by atoms with Crippen molar-refractivity contribution in [2.75, 3.05) is 19.6 Å². The molecule has 2 aliphatic carbocycles. The predicted octanol–water partition coefficient (Wildman–Crippen LogP) is 4.18. The zero-order valence-electron chi connectivity index (χ0n) is 21.3. The van der Waals surface area contributed by atoms with Gasteiger partial charge in [-0.1, -0.05) is 38.1 Å². The average molecular weight is 474 g/mol. The Morgan fingerprint density at radius 3 is 2.71 bits per heavy atom. The van der Waals surface area contributed by atoms with Gasteiger partial charge in [0.25, 0.3) is 5.91 Å². The zero-order chi connectivity index (χ0) is 24.5. The van der Waals surface area contributed by atoms with Crippen molar-refractivity contribution in [3.8, 4) is 5.75 Å².